The fraction of sp³-hybridized carbons (Fsp3) is 0.0714. The van der Waals surface area contributed by atoms with Crippen LogP contribution in [-0.2, 0) is 0 Å². The molecule has 0 aliphatic heterocycles. The van der Waals surface area contributed by atoms with Gasteiger partial charge in [0, 0.05) is 21.9 Å². The molecule has 1 aromatic carbocycles. The van der Waals surface area contributed by atoms with Crippen LogP contribution in [0.15, 0.2) is 45.5 Å². The summed E-state index contributed by atoms with van der Waals surface area (Å²) < 4.78 is 6.16. The maximum absolute atomic E-state index is 5.89. The highest BCUT2D eigenvalue weighted by Crippen LogP contribution is 2.24. The molecule has 3 rings (SSSR count). The quantitative estimate of drug-likeness (QED) is 0.728. The van der Waals surface area contributed by atoms with Crippen molar-refractivity contribution in [1.82, 2.24) is 15.1 Å². The lowest BCUT2D eigenvalue weighted by Crippen LogP contribution is -1.90. The first kappa shape index (κ1) is 12.8. The molecule has 100 valence electrons. The van der Waals surface area contributed by atoms with E-state index in [2.05, 4.69) is 31.1 Å². The Kier molecular flexibility index (Phi) is 3.23. The summed E-state index contributed by atoms with van der Waals surface area (Å²) in [6.07, 6.45) is 1.69. The predicted molar refractivity (Wildman–Crippen MR) is 79.8 cm³/mol. The number of aromatic nitrogens is 3. The molecule has 0 atom stereocenters. The summed E-state index contributed by atoms with van der Waals surface area (Å²) in [6, 6.07) is 9.34. The van der Waals surface area contributed by atoms with Gasteiger partial charge >= 0.3 is 0 Å². The monoisotopic (exact) mass is 330 g/mol. The molecule has 0 spiro atoms. The number of nitrogen functional groups attached to an aromatic ring is 1. The molecule has 5 nitrogen and oxygen atoms in total. The molecule has 0 fully saturated rings. The Morgan fingerprint density at radius 3 is 2.75 bits per heavy atom. The molecule has 0 aliphatic rings. The van der Waals surface area contributed by atoms with Crippen LogP contribution in [0.1, 0.15) is 5.56 Å². The third kappa shape index (κ3) is 2.42. The van der Waals surface area contributed by atoms with Gasteiger partial charge in [0.25, 0.3) is 5.89 Å². The summed E-state index contributed by atoms with van der Waals surface area (Å²) in [4.78, 5) is 8.57. The van der Waals surface area contributed by atoms with Crippen LogP contribution < -0.4 is 5.73 Å². The van der Waals surface area contributed by atoms with E-state index in [-0.39, 0.29) is 0 Å². The Hall–Kier alpha value is -2.21. The van der Waals surface area contributed by atoms with Gasteiger partial charge in [0.2, 0.25) is 5.82 Å². The fourth-order valence-corrected chi connectivity index (χ4v) is 1.96. The summed E-state index contributed by atoms with van der Waals surface area (Å²) in [7, 11) is 0. The predicted octanol–water partition coefficient (Wildman–Crippen LogP) is 3.45. The Morgan fingerprint density at radius 1 is 1.20 bits per heavy atom. The van der Waals surface area contributed by atoms with Gasteiger partial charge in [-0.15, -0.1) is 0 Å². The van der Waals surface area contributed by atoms with Crippen molar-refractivity contribution in [1.29, 1.82) is 0 Å². The molecule has 20 heavy (non-hydrogen) atoms. The van der Waals surface area contributed by atoms with Gasteiger partial charge in [0.15, 0.2) is 0 Å². The number of aryl methyl sites for hydroxylation is 1. The van der Waals surface area contributed by atoms with Crippen molar-refractivity contribution in [3.63, 3.8) is 0 Å². The maximum atomic E-state index is 5.89. The molecule has 0 aliphatic carbocycles. The Morgan fingerprint density at radius 2 is 2.05 bits per heavy atom. The molecule has 2 N–H and O–H groups in total. The van der Waals surface area contributed by atoms with Gasteiger partial charge in [-0.25, -0.2) is 0 Å². The molecule has 0 saturated carbocycles. The largest absolute Gasteiger partial charge is 0.398 e. The van der Waals surface area contributed by atoms with Gasteiger partial charge in [0.1, 0.15) is 5.69 Å². The second-order valence-corrected chi connectivity index (χ2v) is 5.27. The molecular formula is C14H11BrN4O. The lowest BCUT2D eigenvalue weighted by atomic mass is 10.1. The maximum Gasteiger partial charge on any atom is 0.258 e. The summed E-state index contributed by atoms with van der Waals surface area (Å²) in [6.45, 7) is 1.95. The second-order valence-electron chi connectivity index (χ2n) is 4.36. The average molecular weight is 331 g/mol. The van der Waals surface area contributed by atoms with Crippen LogP contribution in [-0.4, -0.2) is 15.1 Å². The number of pyridine rings is 1. The third-order valence-electron chi connectivity index (χ3n) is 2.91. The second kappa shape index (κ2) is 5.05. The topological polar surface area (TPSA) is 77.8 Å². The molecule has 3 aromatic rings. The minimum atomic E-state index is 0.427. The fourth-order valence-electron chi connectivity index (χ4n) is 1.73. The highest BCUT2D eigenvalue weighted by Gasteiger charge is 2.12. The molecular weight excluding hydrogens is 320 g/mol. The van der Waals surface area contributed by atoms with Gasteiger partial charge < -0.3 is 10.3 Å². The van der Waals surface area contributed by atoms with E-state index in [9.17, 15) is 0 Å². The van der Waals surface area contributed by atoms with E-state index in [1.165, 1.54) is 0 Å². The van der Waals surface area contributed by atoms with Crippen LogP contribution >= 0.6 is 15.9 Å². The molecule has 0 unspecified atom stereocenters. The highest BCUT2D eigenvalue weighted by molar-refractivity contribution is 9.10. The van der Waals surface area contributed by atoms with Gasteiger partial charge in [0.05, 0.1) is 0 Å². The summed E-state index contributed by atoms with van der Waals surface area (Å²) in [5.74, 6) is 0.878. The summed E-state index contributed by atoms with van der Waals surface area (Å²) in [5, 5.41) is 3.94. The first-order chi connectivity index (χ1) is 9.63. The number of nitrogens with two attached hydrogens (primary N) is 1. The van der Waals surface area contributed by atoms with Crippen LogP contribution in [0.3, 0.4) is 0 Å². The third-order valence-corrected chi connectivity index (χ3v) is 3.38. The standard InChI is InChI=1S/C14H11BrN4O/c1-8-2-3-9(6-11(8)16)14-18-13(19-20-14)12-5-4-10(15)7-17-12/h2-7H,16H2,1H3. The normalized spacial score (nSPS) is 10.7. The van der Waals surface area contributed by atoms with Crippen LogP contribution in [0.25, 0.3) is 23.0 Å². The zero-order valence-electron chi connectivity index (χ0n) is 10.7. The molecule has 2 aromatic heterocycles. The SMILES string of the molecule is Cc1ccc(-c2nc(-c3ccc(Br)cn3)no2)cc1N. The number of rotatable bonds is 2. The Labute approximate surface area is 124 Å². The first-order valence-corrected chi connectivity index (χ1v) is 6.75. The minimum absolute atomic E-state index is 0.427. The van der Waals surface area contributed by atoms with E-state index in [4.69, 9.17) is 10.3 Å². The van der Waals surface area contributed by atoms with Crippen molar-refractivity contribution >= 4 is 21.6 Å². The number of benzene rings is 1. The molecule has 2 heterocycles. The number of hydrogen-bond acceptors (Lipinski definition) is 5. The van der Waals surface area contributed by atoms with Gasteiger partial charge in [-0.05, 0) is 52.7 Å². The van der Waals surface area contributed by atoms with Gasteiger partial charge in [-0.1, -0.05) is 11.2 Å². The van der Waals surface area contributed by atoms with Gasteiger partial charge in [-0.3, -0.25) is 4.98 Å². The van der Waals surface area contributed by atoms with Crippen molar-refractivity contribution in [3.05, 3.63) is 46.6 Å². The van der Waals surface area contributed by atoms with Crippen molar-refractivity contribution in [2.75, 3.05) is 5.73 Å². The van der Waals surface area contributed by atoms with Crippen LogP contribution in [0.5, 0.6) is 0 Å². The summed E-state index contributed by atoms with van der Waals surface area (Å²) >= 11 is 3.33. The lowest BCUT2D eigenvalue weighted by molar-refractivity contribution is 0.432. The Bertz CT molecular complexity index is 752. The van der Waals surface area contributed by atoms with Crippen LogP contribution in [0.2, 0.25) is 0 Å². The number of anilines is 1. The van der Waals surface area contributed by atoms with Crippen LogP contribution in [0.4, 0.5) is 5.69 Å². The summed E-state index contributed by atoms with van der Waals surface area (Å²) in [5.41, 5.74) is 9.05. The van der Waals surface area contributed by atoms with Crippen molar-refractivity contribution in [3.8, 4) is 23.0 Å². The van der Waals surface area contributed by atoms with Crippen molar-refractivity contribution in [2.24, 2.45) is 0 Å². The first-order valence-electron chi connectivity index (χ1n) is 5.95. The van der Waals surface area contributed by atoms with E-state index < -0.39 is 0 Å². The zero-order valence-corrected chi connectivity index (χ0v) is 12.3. The van der Waals surface area contributed by atoms with Crippen molar-refractivity contribution < 1.29 is 4.52 Å². The Balaban J connectivity index is 1.97. The van der Waals surface area contributed by atoms with E-state index >= 15 is 0 Å². The zero-order chi connectivity index (χ0) is 14.1. The average Bonchev–Trinajstić information content (AvgIpc) is 2.92. The van der Waals surface area contributed by atoms with E-state index in [0.717, 1.165) is 15.6 Å². The number of nitrogens with zero attached hydrogens (tertiary/aromatic N) is 3. The molecule has 0 bridgehead atoms. The number of hydrogen-bond donors (Lipinski definition) is 1. The molecule has 0 saturated heterocycles. The molecule has 6 heteroatoms. The lowest BCUT2D eigenvalue weighted by Gasteiger charge is -2.00. The van der Waals surface area contributed by atoms with Crippen molar-refractivity contribution in [2.45, 2.75) is 6.92 Å². The van der Waals surface area contributed by atoms with E-state index in [1.54, 1.807) is 6.20 Å². The van der Waals surface area contributed by atoms with Gasteiger partial charge in [-0.2, -0.15) is 4.98 Å². The smallest absolute Gasteiger partial charge is 0.258 e. The molecule has 0 radical (unpaired) electrons. The van der Waals surface area contributed by atoms with E-state index in [1.807, 2.05) is 37.3 Å². The highest BCUT2D eigenvalue weighted by atomic mass is 79.9. The minimum Gasteiger partial charge on any atom is -0.398 e. The van der Waals surface area contributed by atoms with E-state index in [0.29, 0.717) is 23.1 Å². The van der Waals surface area contributed by atoms with Crippen LogP contribution in [0, 0.1) is 6.92 Å². The number of halogens is 1. The molecule has 0 amide bonds.